The van der Waals surface area contributed by atoms with Gasteiger partial charge in [0.15, 0.2) is 5.96 Å². The van der Waals surface area contributed by atoms with E-state index in [1.165, 1.54) is 4.31 Å². The molecule has 8 heteroatoms. The van der Waals surface area contributed by atoms with E-state index in [9.17, 15) is 8.42 Å². The van der Waals surface area contributed by atoms with Crippen LogP contribution < -0.4 is 10.6 Å². The average molecular weight is 440 g/mol. The summed E-state index contributed by atoms with van der Waals surface area (Å²) in [7, 11) is -0.0974. The number of sulfonamides is 1. The van der Waals surface area contributed by atoms with Crippen LogP contribution in [0.25, 0.3) is 0 Å². The van der Waals surface area contributed by atoms with E-state index in [1.807, 2.05) is 26.0 Å². The van der Waals surface area contributed by atoms with Gasteiger partial charge in [-0.25, -0.2) is 8.42 Å². The summed E-state index contributed by atoms with van der Waals surface area (Å²) in [5.41, 5.74) is 0.995. The summed E-state index contributed by atoms with van der Waals surface area (Å²) in [5.74, 6) is 0.742. The Hall–Kier alpha value is -1.64. The molecule has 0 aliphatic heterocycles. The predicted octanol–water partition coefficient (Wildman–Crippen LogP) is 2.89. The lowest BCUT2D eigenvalue weighted by Gasteiger charge is -2.30. The van der Waals surface area contributed by atoms with Gasteiger partial charge in [-0.15, -0.1) is 0 Å². The SMILES string of the molecule is CN=C(NCCCN(C(C)C)C(C)C)NCc1ccc(S(=O)(=O)N(C)C(C)C)cc1. The molecule has 1 rings (SSSR count). The van der Waals surface area contributed by atoms with Gasteiger partial charge in [-0.2, -0.15) is 4.31 Å². The van der Waals surface area contributed by atoms with Gasteiger partial charge in [-0.1, -0.05) is 12.1 Å². The van der Waals surface area contributed by atoms with E-state index in [2.05, 4.69) is 48.2 Å². The quantitative estimate of drug-likeness (QED) is 0.315. The highest BCUT2D eigenvalue weighted by atomic mass is 32.2. The lowest BCUT2D eigenvalue weighted by atomic mass is 10.2. The van der Waals surface area contributed by atoms with Gasteiger partial charge < -0.3 is 10.6 Å². The predicted molar refractivity (Wildman–Crippen MR) is 126 cm³/mol. The van der Waals surface area contributed by atoms with Crippen molar-refractivity contribution < 1.29 is 8.42 Å². The van der Waals surface area contributed by atoms with Gasteiger partial charge in [-0.05, 0) is 65.7 Å². The Balaban J connectivity index is 2.54. The van der Waals surface area contributed by atoms with Crippen molar-refractivity contribution in [1.29, 1.82) is 0 Å². The molecule has 1 aromatic rings. The molecule has 0 fully saturated rings. The number of nitrogens with zero attached hydrogens (tertiary/aromatic N) is 3. The van der Waals surface area contributed by atoms with Crippen LogP contribution in [0.4, 0.5) is 0 Å². The molecule has 0 radical (unpaired) electrons. The topological polar surface area (TPSA) is 77.0 Å². The van der Waals surface area contributed by atoms with Gasteiger partial charge >= 0.3 is 0 Å². The highest BCUT2D eigenvalue weighted by Gasteiger charge is 2.22. The number of benzene rings is 1. The Morgan fingerprint density at radius 3 is 2.00 bits per heavy atom. The summed E-state index contributed by atoms with van der Waals surface area (Å²) < 4.78 is 26.5. The molecule has 0 atom stereocenters. The average Bonchev–Trinajstić information content (AvgIpc) is 2.69. The summed E-state index contributed by atoms with van der Waals surface area (Å²) in [6.07, 6.45) is 1.03. The standard InChI is InChI=1S/C22H41N5O2S/c1-17(2)26(8)30(28,29)21-12-10-20(11-13-21)16-25-22(23-7)24-14-9-15-27(18(3)4)19(5)6/h10-13,17-19H,9,14-16H2,1-8H3,(H2,23,24,25). The smallest absolute Gasteiger partial charge is 0.243 e. The second-order valence-corrected chi connectivity index (χ2v) is 10.4. The number of rotatable bonds is 11. The minimum Gasteiger partial charge on any atom is -0.356 e. The molecule has 0 amide bonds. The van der Waals surface area contributed by atoms with Crippen molar-refractivity contribution in [2.45, 2.75) is 77.5 Å². The molecule has 0 heterocycles. The molecule has 30 heavy (non-hydrogen) atoms. The highest BCUT2D eigenvalue weighted by molar-refractivity contribution is 7.89. The van der Waals surface area contributed by atoms with Crippen LogP contribution in [0.15, 0.2) is 34.2 Å². The van der Waals surface area contributed by atoms with Crippen molar-refractivity contribution in [3.05, 3.63) is 29.8 Å². The van der Waals surface area contributed by atoms with Gasteiger partial charge in [-0.3, -0.25) is 9.89 Å². The lowest BCUT2D eigenvalue weighted by molar-refractivity contribution is 0.173. The van der Waals surface area contributed by atoms with Crippen LogP contribution >= 0.6 is 0 Å². The van der Waals surface area contributed by atoms with Gasteiger partial charge in [0, 0.05) is 51.9 Å². The summed E-state index contributed by atoms with van der Waals surface area (Å²) >= 11 is 0. The second-order valence-electron chi connectivity index (χ2n) is 8.39. The van der Waals surface area contributed by atoms with Crippen LogP contribution in [-0.4, -0.2) is 68.9 Å². The fourth-order valence-electron chi connectivity index (χ4n) is 3.21. The van der Waals surface area contributed by atoms with Crippen molar-refractivity contribution in [1.82, 2.24) is 19.8 Å². The summed E-state index contributed by atoms with van der Waals surface area (Å²) in [5, 5.41) is 6.63. The molecule has 0 aliphatic rings. The zero-order valence-corrected chi connectivity index (χ0v) is 20.8. The Labute approximate surface area is 184 Å². The third-order valence-electron chi connectivity index (χ3n) is 5.22. The minimum atomic E-state index is -3.45. The zero-order chi connectivity index (χ0) is 22.9. The van der Waals surface area contributed by atoms with E-state index in [0.29, 0.717) is 23.5 Å². The number of hydrogen-bond acceptors (Lipinski definition) is 4. The third-order valence-corrected chi connectivity index (χ3v) is 7.27. The van der Waals surface area contributed by atoms with Crippen LogP contribution in [-0.2, 0) is 16.6 Å². The van der Waals surface area contributed by atoms with Crippen molar-refractivity contribution in [3.8, 4) is 0 Å². The Kier molecular flexibility index (Phi) is 10.8. The van der Waals surface area contributed by atoms with Gasteiger partial charge in [0.05, 0.1) is 4.90 Å². The van der Waals surface area contributed by atoms with Crippen LogP contribution in [0.5, 0.6) is 0 Å². The van der Waals surface area contributed by atoms with Gasteiger partial charge in [0.2, 0.25) is 10.0 Å². The van der Waals surface area contributed by atoms with Crippen LogP contribution in [0.3, 0.4) is 0 Å². The first kappa shape index (κ1) is 26.4. The van der Waals surface area contributed by atoms with E-state index >= 15 is 0 Å². The molecule has 2 N–H and O–H groups in total. The Bertz CT molecular complexity index is 750. The second kappa shape index (κ2) is 12.3. The molecule has 7 nitrogen and oxygen atoms in total. The maximum atomic E-state index is 12.6. The summed E-state index contributed by atoms with van der Waals surface area (Å²) in [6.45, 7) is 15.1. The fraction of sp³-hybridized carbons (Fsp3) is 0.682. The first-order valence-corrected chi connectivity index (χ1v) is 12.2. The maximum absolute atomic E-state index is 12.6. The normalized spacial score (nSPS) is 13.2. The zero-order valence-electron chi connectivity index (χ0n) is 19.9. The molecule has 1 aromatic carbocycles. The molecular weight excluding hydrogens is 398 g/mol. The van der Waals surface area contributed by atoms with Crippen molar-refractivity contribution in [2.24, 2.45) is 4.99 Å². The molecule has 0 spiro atoms. The third kappa shape index (κ3) is 7.89. The first-order chi connectivity index (χ1) is 14.0. The maximum Gasteiger partial charge on any atom is 0.243 e. The highest BCUT2D eigenvalue weighted by Crippen LogP contribution is 2.17. The molecule has 0 bridgehead atoms. The fourth-order valence-corrected chi connectivity index (χ4v) is 4.58. The molecule has 172 valence electrons. The van der Waals surface area contributed by atoms with Crippen LogP contribution in [0.2, 0.25) is 0 Å². The minimum absolute atomic E-state index is 0.0844. The number of guanidine groups is 1. The van der Waals surface area contributed by atoms with E-state index in [1.54, 1.807) is 26.2 Å². The number of hydrogen-bond donors (Lipinski definition) is 2. The van der Waals surface area contributed by atoms with Crippen molar-refractivity contribution >= 4 is 16.0 Å². The van der Waals surface area contributed by atoms with E-state index in [4.69, 9.17) is 0 Å². The Morgan fingerprint density at radius 2 is 1.53 bits per heavy atom. The van der Waals surface area contributed by atoms with E-state index in [0.717, 1.165) is 31.0 Å². The van der Waals surface area contributed by atoms with Crippen LogP contribution in [0.1, 0.15) is 53.5 Å². The first-order valence-electron chi connectivity index (χ1n) is 10.8. The van der Waals surface area contributed by atoms with E-state index < -0.39 is 10.0 Å². The molecular formula is C22H41N5O2S. The number of aliphatic imine (C=N–C) groups is 1. The summed E-state index contributed by atoms with van der Waals surface area (Å²) in [6, 6.07) is 7.99. The van der Waals surface area contributed by atoms with E-state index in [-0.39, 0.29) is 6.04 Å². The monoisotopic (exact) mass is 439 g/mol. The molecule has 0 unspecified atom stereocenters. The Morgan fingerprint density at radius 1 is 0.967 bits per heavy atom. The largest absolute Gasteiger partial charge is 0.356 e. The number of nitrogens with one attached hydrogen (secondary N) is 2. The van der Waals surface area contributed by atoms with Gasteiger partial charge in [0.1, 0.15) is 0 Å². The molecule has 0 aromatic heterocycles. The molecule has 0 aliphatic carbocycles. The van der Waals surface area contributed by atoms with Gasteiger partial charge in [0.25, 0.3) is 0 Å². The van der Waals surface area contributed by atoms with Crippen molar-refractivity contribution in [3.63, 3.8) is 0 Å². The molecule has 0 saturated heterocycles. The van der Waals surface area contributed by atoms with Crippen LogP contribution in [0, 0.1) is 0 Å². The lowest BCUT2D eigenvalue weighted by Crippen LogP contribution is -2.41. The molecule has 0 saturated carbocycles. The summed E-state index contributed by atoms with van der Waals surface area (Å²) in [4.78, 5) is 7.05. The van der Waals surface area contributed by atoms with Crippen molar-refractivity contribution in [2.75, 3.05) is 27.2 Å².